The lowest BCUT2D eigenvalue weighted by molar-refractivity contribution is -0.146. The number of carbonyl (C=O) groups is 1. The predicted molar refractivity (Wildman–Crippen MR) is 81.7 cm³/mol. The van der Waals surface area contributed by atoms with Crippen molar-refractivity contribution >= 4 is 5.97 Å². The highest BCUT2D eigenvalue weighted by Gasteiger charge is 2.10. The van der Waals surface area contributed by atoms with E-state index in [-0.39, 0.29) is 18.6 Å². The van der Waals surface area contributed by atoms with E-state index in [0.29, 0.717) is 18.8 Å². The normalized spacial score (nSPS) is 11.8. The highest BCUT2D eigenvalue weighted by atomic mass is 16.6. The summed E-state index contributed by atoms with van der Waals surface area (Å²) < 4.78 is 15.8. The molecule has 5 heteroatoms. The molecule has 0 aromatic heterocycles. The first-order valence-electron chi connectivity index (χ1n) is 7.27. The van der Waals surface area contributed by atoms with E-state index in [0.717, 1.165) is 24.2 Å². The third-order valence-corrected chi connectivity index (χ3v) is 2.92. The van der Waals surface area contributed by atoms with Gasteiger partial charge in [0, 0.05) is 6.04 Å². The van der Waals surface area contributed by atoms with Gasteiger partial charge >= 0.3 is 5.97 Å². The van der Waals surface area contributed by atoms with Crippen molar-refractivity contribution in [1.29, 1.82) is 0 Å². The minimum absolute atomic E-state index is 0.00374. The van der Waals surface area contributed by atoms with Gasteiger partial charge in [-0.05, 0) is 43.5 Å². The molecule has 0 saturated carbocycles. The Hall–Kier alpha value is -1.75. The number of nitrogens with two attached hydrogens (primary N) is 1. The Morgan fingerprint density at radius 1 is 1.38 bits per heavy atom. The molecular formula is C16H25NO4. The van der Waals surface area contributed by atoms with E-state index in [1.54, 1.807) is 19.2 Å². The number of methoxy groups -OCH3 is 1. The molecule has 0 aliphatic carbocycles. The van der Waals surface area contributed by atoms with Crippen molar-refractivity contribution in [3.8, 4) is 11.5 Å². The maximum atomic E-state index is 11.6. The summed E-state index contributed by atoms with van der Waals surface area (Å²) in [5, 5.41) is 0. The average Bonchev–Trinajstić information content (AvgIpc) is 2.45. The summed E-state index contributed by atoms with van der Waals surface area (Å²) in [6.07, 6.45) is 2.51. The Kier molecular flexibility index (Phi) is 7.61. The number of rotatable bonds is 9. The Morgan fingerprint density at radius 3 is 2.76 bits per heavy atom. The van der Waals surface area contributed by atoms with E-state index in [2.05, 4.69) is 0 Å². The maximum absolute atomic E-state index is 11.6. The number of ether oxygens (including phenoxy) is 3. The van der Waals surface area contributed by atoms with Gasteiger partial charge in [0.2, 0.25) is 0 Å². The van der Waals surface area contributed by atoms with Crippen LogP contribution in [0.5, 0.6) is 11.5 Å². The van der Waals surface area contributed by atoms with Crippen molar-refractivity contribution in [2.75, 3.05) is 20.3 Å². The van der Waals surface area contributed by atoms with Crippen LogP contribution in [0.25, 0.3) is 0 Å². The van der Waals surface area contributed by atoms with Crippen molar-refractivity contribution in [3.05, 3.63) is 23.8 Å². The monoisotopic (exact) mass is 295 g/mol. The van der Waals surface area contributed by atoms with Crippen molar-refractivity contribution < 1.29 is 19.0 Å². The van der Waals surface area contributed by atoms with Gasteiger partial charge in [0.05, 0.1) is 13.7 Å². The smallest absolute Gasteiger partial charge is 0.344 e. The van der Waals surface area contributed by atoms with E-state index in [9.17, 15) is 4.79 Å². The van der Waals surface area contributed by atoms with Crippen molar-refractivity contribution in [2.24, 2.45) is 5.73 Å². The molecule has 0 spiro atoms. The Bertz CT molecular complexity index is 446. The number of unbranched alkanes of at least 4 members (excludes halogenated alkanes) is 1. The molecule has 0 fully saturated rings. The average molecular weight is 295 g/mol. The zero-order chi connectivity index (χ0) is 15.7. The molecule has 1 unspecified atom stereocenters. The lowest BCUT2D eigenvalue weighted by Crippen LogP contribution is -2.20. The van der Waals surface area contributed by atoms with Gasteiger partial charge in [0.15, 0.2) is 6.61 Å². The molecule has 0 radical (unpaired) electrons. The third-order valence-electron chi connectivity index (χ3n) is 2.92. The Labute approximate surface area is 126 Å². The van der Waals surface area contributed by atoms with Gasteiger partial charge < -0.3 is 19.9 Å². The number of hydrogen-bond acceptors (Lipinski definition) is 5. The summed E-state index contributed by atoms with van der Waals surface area (Å²) in [6, 6.07) is 5.45. The van der Waals surface area contributed by atoms with Crippen molar-refractivity contribution in [3.63, 3.8) is 0 Å². The quantitative estimate of drug-likeness (QED) is 0.559. The van der Waals surface area contributed by atoms with Crippen molar-refractivity contribution in [2.45, 2.75) is 39.2 Å². The first-order chi connectivity index (χ1) is 10.1. The van der Waals surface area contributed by atoms with Gasteiger partial charge in [-0.1, -0.05) is 13.3 Å². The highest BCUT2D eigenvalue weighted by Crippen LogP contribution is 2.25. The summed E-state index contributed by atoms with van der Waals surface area (Å²) in [5.74, 6) is 1.02. The SMILES string of the molecule is CCCCOC(=O)COc1ccc(OC)cc1CC(C)N. The van der Waals surface area contributed by atoms with Crippen LogP contribution in [0.15, 0.2) is 18.2 Å². The van der Waals surface area contributed by atoms with Gasteiger partial charge in [0.1, 0.15) is 11.5 Å². The molecule has 1 aromatic rings. The van der Waals surface area contributed by atoms with Crippen LogP contribution in [0.1, 0.15) is 32.3 Å². The van der Waals surface area contributed by atoms with Crippen LogP contribution in [-0.4, -0.2) is 32.3 Å². The highest BCUT2D eigenvalue weighted by molar-refractivity contribution is 5.71. The van der Waals surface area contributed by atoms with E-state index >= 15 is 0 Å². The molecule has 0 bridgehead atoms. The molecule has 5 nitrogen and oxygen atoms in total. The molecule has 0 aliphatic heterocycles. The number of esters is 1. The fraction of sp³-hybridized carbons (Fsp3) is 0.562. The minimum atomic E-state index is -0.356. The second kappa shape index (κ2) is 9.23. The lowest BCUT2D eigenvalue weighted by Gasteiger charge is -2.14. The molecule has 2 N–H and O–H groups in total. The van der Waals surface area contributed by atoms with Crippen LogP contribution in [-0.2, 0) is 16.0 Å². The predicted octanol–water partition coefficient (Wildman–Crippen LogP) is 2.31. The van der Waals surface area contributed by atoms with E-state index < -0.39 is 0 Å². The molecule has 0 saturated heterocycles. The summed E-state index contributed by atoms with van der Waals surface area (Å²) in [6.45, 7) is 4.31. The molecular weight excluding hydrogens is 270 g/mol. The van der Waals surface area contributed by atoms with Crippen molar-refractivity contribution in [1.82, 2.24) is 0 Å². The molecule has 0 aliphatic rings. The van der Waals surface area contributed by atoms with Gasteiger partial charge in [-0.3, -0.25) is 0 Å². The fourth-order valence-electron chi connectivity index (χ4n) is 1.84. The molecule has 0 heterocycles. The second-order valence-electron chi connectivity index (χ2n) is 5.02. The van der Waals surface area contributed by atoms with Gasteiger partial charge in [0.25, 0.3) is 0 Å². The standard InChI is InChI=1S/C16H25NO4/c1-4-5-8-20-16(18)11-21-15-7-6-14(19-3)10-13(15)9-12(2)17/h6-7,10,12H,4-5,8-9,11,17H2,1-3H3. The molecule has 1 atom stereocenters. The lowest BCUT2D eigenvalue weighted by atomic mass is 10.1. The summed E-state index contributed by atoms with van der Waals surface area (Å²) >= 11 is 0. The van der Waals surface area contributed by atoms with E-state index in [1.807, 2.05) is 19.9 Å². The van der Waals surface area contributed by atoms with Gasteiger partial charge in [-0.15, -0.1) is 0 Å². The first kappa shape index (κ1) is 17.3. The molecule has 21 heavy (non-hydrogen) atoms. The Balaban J connectivity index is 2.62. The largest absolute Gasteiger partial charge is 0.497 e. The van der Waals surface area contributed by atoms with Gasteiger partial charge in [-0.2, -0.15) is 0 Å². The first-order valence-corrected chi connectivity index (χ1v) is 7.27. The van der Waals surface area contributed by atoms with E-state index in [4.69, 9.17) is 19.9 Å². The zero-order valence-corrected chi connectivity index (χ0v) is 13.1. The fourth-order valence-corrected chi connectivity index (χ4v) is 1.84. The molecule has 0 amide bonds. The molecule has 1 aromatic carbocycles. The molecule has 1 rings (SSSR count). The number of hydrogen-bond donors (Lipinski definition) is 1. The van der Waals surface area contributed by atoms with Crippen LogP contribution in [0, 0.1) is 0 Å². The van der Waals surface area contributed by atoms with Crippen LogP contribution in [0.4, 0.5) is 0 Å². The molecule has 118 valence electrons. The Morgan fingerprint density at radius 2 is 2.14 bits per heavy atom. The van der Waals surface area contributed by atoms with Crippen LogP contribution in [0.3, 0.4) is 0 Å². The van der Waals surface area contributed by atoms with Gasteiger partial charge in [-0.25, -0.2) is 4.79 Å². The van der Waals surface area contributed by atoms with Crippen LogP contribution >= 0.6 is 0 Å². The van der Waals surface area contributed by atoms with E-state index in [1.165, 1.54) is 0 Å². The topological polar surface area (TPSA) is 70.8 Å². The van der Waals surface area contributed by atoms with Crippen LogP contribution < -0.4 is 15.2 Å². The zero-order valence-electron chi connectivity index (χ0n) is 13.1. The van der Waals surface area contributed by atoms with Crippen LogP contribution in [0.2, 0.25) is 0 Å². The maximum Gasteiger partial charge on any atom is 0.344 e. The summed E-state index contributed by atoms with van der Waals surface area (Å²) in [7, 11) is 1.61. The summed E-state index contributed by atoms with van der Waals surface area (Å²) in [5.41, 5.74) is 6.76. The summed E-state index contributed by atoms with van der Waals surface area (Å²) in [4.78, 5) is 11.6. The second-order valence-corrected chi connectivity index (χ2v) is 5.02. The number of carbonyl (C=O) groups excluding carboxylic acids is 1. The minimum Gasteiger partial charge on any atom is -0.497 e. The number of benzene rings is 1. The third kappa shape index (κ3) is 6.49.